The van der Waals surface area contributed by atoms with Crippen molar-refractivity contribution in [1.29, 1.82) is 0 Å². The molecule has 0 spiro atoms. The van der Waals surface area contributed by atoms with E-state index in [4.69, 9.17) is 0 Å². The molecule has 0 radical (unpaired) electrons. The van der Waals surface area contributed by atoms with Gasteiger partial charge in [-0.15, -0.1) is 0 Å². The van der Waals surface area contributed by atoms with Gasteiger partial charge in [-0.1, -0.05) is 38.1 Å². The predicted octanol–water partition coefficient (Wildman–Crippen LogP) is 2.82. The van der Waals surface area contributed by atoms with Crippen molar-refractivity contribution in [3.63, 3.8) is 0 Å². The smallest absolute Gasteiger partial charge is 0.226 e. The molecule has 2 N–H and O–H groups in total. The zero-order valence-electron chi connectivity index (χ0n) is 12.9. The Bertz CT molecular complexity index is 558. The van der Waals surface area contributed by atoms with Gasteiger partial charge < -0.3 is 5.32 Å². The standard InChI is InChI=1S/C17H23N3O/c1-12(2)15-6-4-14(5-7-15)10-13(3)19-17(21)11-16-8-9-18-20-16/h4-9,12-13H,10-11H2,1-3H3,(H,18,20)(H,19,21). The first-order chi connectivity index (χ1) is 10.0. The van der Waals surface area contributed by atoms with E-state index in [-0.39, 0.29) is 11.9 Å². The zero-order valence-corrected chi connectivity index (χ0v) is 12.9. The Labute approximate surface area is 126 Å². The number of rotatable bonds is 6. The Kier molecular flexibility index (Phi) is 5.14. The number of carbonyl (C=O) groups excluding carboxylic acids is 1. The van der Waals surface area contributed by atoms with Gasteiger partial charge in [-0.25, -0.2) is 0 Å². The largest absolute Gasteiger partial charge is 0.353 e. The number of carbonyl (C=O) groups is 1. The highest BCUT2D eigenvalue weighted by atomic mass is 16.1. The Hall–Kier alpha value is -2.10. The summed E-state index contributed by atoms with van der Waals surface area (Å²) in [6, 6.07) is 10.6. The summed E-state index contributed by atoms with van der Waals surface area (Å²) in [5.74, 6) is 0.566. The number of amides is 1. The SMILES string of the molecule is CC(Cc1ccc(C(C)C)cc1)NC(=O)Cc1ccn[nH]1. The summed E-state index contributed by atoms with van der Waals surface area (Å²) in [7, 11) is 0. The molecule has 0 aliphatic heterocycles. The van der Waals surface area contributed by atoms with E-state index >= 15 is 0 Å². The highest BCUT2D eigenvalue weighted by Gasteiger charge is 2.10. The van der Waals surface area contributed by atoms with Crippen LogP contribution in [-0.2, 0) is 17.6 Å². The van der Waals surface area contributed by atoms with Crippen molar-refractivity contribution < 1.29 is 4.79 Å². The highest BCUT2D eigenvalue weighted by Crippen LogP contribution is 2.15. The van der Waals surface area contributed by atoms with E-state index in [2.05, 4.69) is 53.6 Å². The number of nitrogens with one attached hydrogen (secondary N) is 2. The van der Waals surface area contributed by atoms with Crippen molar-refractivity contribution in [3.8, 4) is 0 Å². The average molecular weight is 285 g/mol. The van der Waals surface area contributed by atoms with Crippen molar-refractivity contribution in [3.05, 3.63) is 53.3 Å². The van der Waals surface area contributed by atoms with Gasteiger partial charge in [-0.05, 0) is 36.5 Å². The minimum atomic E-state index is 0.0190. The van der Waals surface area contributed by atoms with E-state index in [9.17, 15) is 4.79 Å². The number of nitrogens with zero attached hydrogens (tertiary/aromatic N) is 1. The van der Waals surface area contributed by atoms with E-state index in [1.807, 2.05) is 13.0 Å². The van der Waals surface area contributed by atoms with Gasteiger partial charge in [0, 0.05) is 17.9 Å². The van der Waals surface area contributed by atoms with E-state index in [0.717, 1.165) is 12.1 Å². The molecule has 1 heterocycles. The molecule has 2 rings (SSSR count). The predicted molar refractivity (Wildman–Crippen MR) is 84.1 cm³/mol. The summed E-state index contributed by atoms with van der Waals surface area (Å²) in [6.45, 7) is 6.40. The molecule has 0 fully saturated rings. The van der Waals surface area contributed by atoms with E-state index < -0.39 is 0 Å². The third-order valence-corrected chi connectivity index (χ3v) is 3.51. The van der Waals surface area contributed by atoms with Crippen LogP contribution in [0.25, 0.3) is 0 Å². The zero-order chi connectivity index (χ0) is 15.2. The summed E-state index contributed by atoms with van der Waals surface area (Å²) in [5.41, 5.74) is 3.42. The summed E-state index contributed by atoms with van der Waals surface area (Å²) in [6.07, 6.45) is 2.84. The lowest BCUT2D eigenvalue weighted by Gasteiger charge is -2.14. The van der Waals surface area contributed by atoms with Crippen LogP contribution in [0.2, 0.25) is 0 Å². The summed E-state index contributed by atoms with van der Waals surface area (Å²) < 4.78 is 0. The summed E-state index contributed by atoms with van der Waals surface area (Å²) in [5, 5.41) is 9.65. The second-order valence-electron chi connectivity index (χ2n) is 5.83. The van der Waals surface area contributed by atoms with Gasteiger partial charge >= 0.3 is 0 Å². The minimum Gasteiger partial charge on any atom is -0.353 e. The second kappa shape index (κ2) is 7.07. The first-order valence-corrected chi connectivity index (χ1v) is 7.41. The van der Waals surface area contributed by atoms with Crippen LogP contribution < -0.4 is 5.32 Å². The Morgan fingerprint density at radius 1 is 1.19 bits per heavy atom. The molecule has 4 heteroatoms. The van der Waals surface area contributed by atoms with Crippen molar-refractivity contribution in [2.75, 3.05) is 0 Å². The summed E-state index contributed by atoms with van der Waals surface area (Å²) >= 11 is 0. The normalized spacial score (nSPS) is 12.4. The minimum absolute atomic E-state index is 0.0190. The number of hydrogen-bond acceptors (Lipinski definition) is 2. The van der Waals surface area contributed by atoms with Crippen molar-refractivity contribution >= 4 is 5.91 Å². The lowest BCUT2D eigenvalue weighted by atomic mass is 9.99. The molecule has 112 valence electrons. The van der Waals surface area contributed by atoms with Crippen LogP contribution in [0.5, 0.6) is 0 Å². The molecule has 1 amide bonds. The molecular weight excluding hydrogens is 262 g/mol. The second-order valence-corrected chi connectivity index (χ2v) is 5.83. The molecule has 1 aromatic carbocycles. The van der Waals surface area contributed by atoms with Crippen LogP contribution in [0.1, 0.15) is 43.5 Å². The molecule has 0 saturated heterocycles. The van der Waals surface area contributed by atoms with Crippen LogP contribution in [-0.4, -0.2) is 22.1 Å². The maximum Gasteiger partial charge on any atom is 0.226 e. The first-order valence-electron chi connectivity index (χ1n) is 7.41. The monoisotopic (exact) mass is 285 g/mol. The molecule has 2 aromatic rings. The quantitative estimate of drug-likeness (QED) is 0.857. The Morgan fingerprint density at radius 3 is 2.48 bits per heavy atom. The molecule has 1 aromatic heterocycles. The van der Waals surface area contributed by atoms with Crippen LogP contribution in [0.15, 0.2) is 36.5 Å². The number of aromatic amines is 1. The van der Waals surface area contributed by atoms with Gasteiger partial charge in [0.05, 0.1) is 6.42 Å². The molecule has 21 heavy (non-hydrogen) atoms. The van der Waals surface area contributed by atoms with Crippen molar-refractivity contribution in [2.24, 2.45) is 0 Å². The molecule has 1 unspecified atom stereocenters. The lowest BCUT2D eigenvalue weighted by Crippen LogP contribution is -2.35. The summed E-state index contributed by atoms with van der Waals surface area (Å²) in [4.78, 5) is 11.9. The molecule has 0 bridgehead atoms. The van der Waals surface area contributed by atoms with Gasteiger partial charge in [-0.3, -0.25) is 9.89 Å². The van der Waals surface area contributed by atoms with Gasteiger partial charge in [-0.2, -0.15) is 5.10 Å². The van der Waals surface area contributed by atoms with Gasteiger partial charge in [0.1, 0.15) is 0 Å². The number of aromatic nitrogens is 2. The molecule has 0 saturated carbocycles. The maximum absolute atomic E-state index is 11.9. The Morgan fingerprint density at radius 2 is 1.90 bits per heavy atom. The van der Waals surface area contributed by atoms with E-state index in [0.29, 0.717) is 12.3 Å². The first kappa shape index (κ1) is 15.3. The van der Waals surface area contributed by atoms with E-state index in [1.54, 1.807) is 6.20 Å². The molecule has 1 atom stereocenters. The average Bonchev–Trinajstić information content (AvgIpc) is 2.91. The Balaban J connectivity index is 1.83. The van der Waals surface area contributed by atoms with Crippen molar-refractivity contribution in [2.45, 2.75) is 45.6 Å². The number of hydrogen-bond donors (Lipinski definition) is 2. The van der Waals surface area contributed by atoms with Gasteiger partial charge in [0.2, 0.25) is 5.91 Å². The van der Waals surface area contributed by atoms with Crippen LogP contribution >= 0.6 is 0 Å². The van der Waals surface area contributed by atoms with Crippen LogP contribution in [0.4, 0.5) is 0 Å². The third-order valence-electron chi connectivity index (χ3n) is 3.51. The van der Waals surface area contributed by atoms with Crippen LogP contribution in [0, 0.1) is 0 Å². The number of H-pyrrole nitrogens is 1. The molecule has 0 aliphatic rings. The third kappa shape index (κ3) is 4.74. The fraction of sp³-hybridized carbons (Fsp3) is 0.412. The van der Waals surface area contributed by atoms with Crippen LogP contribution in [0.3, 0.4) is 0 Å². The molecule has 4 nitrogen and oxygen atoms in total. The molecular formula is C17H23N3O. The van der Waals surface area contributed by atoms with E-state index in [1.165, 1.54) is 11.1 Å². The fourth-order valence-electron chi connectivity index (χ4n) is 2.33. The van der Waals surface area contributed by atoms with Gasteiger partial charge in [0.15, 0.2) is 0 Å². The fourth-order valence-corrected chi connectivity index (χ4v) is 2.33. The van der Waals surface area contributed by atoms with Crippen molar-refractivity contribution in [1.82, 2.24) is 15.5 Å². The molecule has 0 aliphatic carbocycles. The maximum atomic E-state index is 11.9. The highest BCUT2D eigenvalue weighted by molar-refractivity contribution is 5.78. The topological polar surface area (TPSA) is 57.8 Å². The van der Waals surface area contributed by atoms with Gasteiger partial charge in [0.25, 0.3) is 0 Å². The number of benzene rings is 1. The lowest BCUT2D eigenvalue weighted by molar-refractivity contribution is -0.121.